The fourth-order valence-electron chi connectivity index (χ4n) is 3.18. The molecule has 154 valence electrons. The standard InChI is InChI=1S/C20H21ClFN3O4/c1-28-16-10-12(9-13(21)19(16)29-11-17(23)26)20(27)24-18-14(22)5-4-6-15(18)25-7-2-3-8-25/h4-6,9-10H,2-3,7-8,11H2,1H3,(H2,23,26)(H,24,27). The largest absolute Gasteiger partial charge is 0.493 e. The lowest BCUT2D eigenvalue weighted by Crippen LogP contribution is -2.22. The lowest BCUT2D eigenvalue weighted by atomic mass is 10.1. The Hall–Kier alpha value is -3.00. The third-order valence-electron chi connectivity index (χ3n) is 4.53. The van der Waals surface area contributed by atoms with E-state index in [1.54, 1.807) is 12.1 Å². The summed E-state index contributed by atoms with van der Waals surface area (Å²) in [6.45, 7) is 1.21. The zero-order valence-corrected chi connectivity index (χ0v) is 16.6. The van der Waals surface area contributed by atoms with E-state index in [1.807, 2.05) is 4.90 Å². The average molecular weight is 422 g/mol. The Morgan fingerprint density at radius 3 is 2.66 bits per heavy atom. The third-order valence-corrected chi connectivity index (χ3v) is 4.81. The van der Waals surface area contributed by atoms with Crippen LogP contribution in [0, 0.1) is 5.82 Å². The summed E-state index contributed by atoms with van der Waals surface area (Å²) >= 11 is 6.19. The maximum absolute atomic E-state index is 14.5. The van der Waals surface area contributed by atoms with Crippen molar-refractivity contribution in [3.05, 3.63) is 46.7 Å². The molecule has 9 heteroatoms. The Kier molecular flexibility index (Phi) is 6.43. The normalized spacial score (nSPS) is 13.3. The van der Waals surface area contributed by atoms with Gasteiger partial charge in [0.05, 0.1) is 17.8 Å². The van der Waals surface area contributed by atoms with Crippen molar-refractivity contribution in [3.63, 3.8) is 0 Å². The summed E-state index contributed by atoms with van der Waals surface area (Å²) in [5.74, 6) is -1.52. The molecule has 1 aliphatic rings. The lowest BCUT2D eigenvalue weighted by molar-refractivity contribution is -0.119. The van der Waals surface area contributed by atoms with Gasteiger partial charge < -0.3 is 25.4 Å². The van der Waals surface area contributed by atoms with E-state index in [0.29, 0.717) is 5.69 Å². The summed E-state index contributed by atoms with van der Waals surface area (Å²) in [6, 6.07) is 7.44. The number of halogens is 2. The highest BCUT2D eigenvalue weighted by Crippen LogP contribution is 2.37. The lowest BCUT2D eigenvalue weighted by Gasteiger charge is -2.22. The molecule has 0 aromatic heterocycles. The van der Waals surface area contributed by atoms with Crippen LogP contribution in [-0.4, -0.2) is 38.6 Å². The molecule has 2 aromatic rings. The highest BCUT2D eigenvalue weighted by atomic mass is 35.5. The number of primary amides is 1. The molecule has 0 spiro atoms. The molecule has 2 aromatic carbocycles. The molecular weight excluding hydrogens is 401 g/mol. The van der Waals surface area contributed by atoms with E-state index in [9.17, 15) is 14.0 Å². The Morgan fingerprint density at radius 1 is 1.28 bits per heavy atom. The first-order valence-corrected chi connectivity index (χ1v) is 9.42. The van der Waals surface area contributed by atoms with E-state index >= 15 is 0 Å². The van der Waals surface area contributed by atoms with Crippen molar-refractivity contribution in [2.45, 2.75) is 12.8 Å². The molecule has 0 aliphatic carbocycles. The molecule has 1 heterocycles. The summed E-state index contributed by atoms with van der Waals surface area (Å²) in [4.78, 5) is 25.8. The van der Waals surface area contributed by atoms with E-state index in [-0.39, 0.29) is 27.8 Å². The molecule has 3 rings (SSSR count). The van der Waals surface area contributed by atoms with Gasteiger partial charge in [-0.15, -0.1) is 0 Å². The molecule has 3 N–H and O–H groups in total. The molecule has 2 amide bonds. The molecule has 0 unspecified atom stereocenters. The van der Waals surface area contributed by atoms with Crippen LogP contribution >= 0.6 is 11.6 Å². The van der Waals surface area contributed by atoms with Crippen LogP contribution in [0.15, 0.2) is 30.3 Å². The second-order valence-electron chi connectivity index (χ2n) is 6.53. The monoisotopic (exact) mass is 421 g/mol. The number of amides is 2. The van der Waals surface area contributed by atoms with E-state index < -0.39 is 24.2 Å². The topological polar surface area (TPSA) is 93.9 Å². The number of nitrogens with two attached hydrogens (primary N) is 1. The first-order valence-electron chi connectivity index (χ1n) is 9.04. The molecule has 29 heavy (non-hydrogen) atoms. The van der Waals surface area contributed by atoms with Crippen LogP contribution in [0.5, 0.6) is 11.5 Å². The summed E-state index contributed by atoms with van der Waals surface area (Å²) in [5.41, 5.74) is 5.97. The SMILES string of the molecule is COc1cc(C(=O)Nc2c(F)cccc2N2CCCC2)cc(Cl)c1OCC(N)=O. The Balaban J connectivity index is 1.88. The summed E-state index contributed by atoms with van der Waals surface area (Å²) in [5, 5.41) is 2.69. The van der Waals surface area contributed by atoms with Crippen LogP contribution in [0.2, 0.25) is 5.02 Å². The first-order chi connectivity index (χ1) is 13.9. The van der Waals surface area contributed by atoms with Gasteiger partial charge in [0.25, 0.3) is 11.8 Å². The fraction of sp³-hybridized carbons (Fsp3) is 0.300. The van der Waals surface area contributed by atoms with E-state index in [0.717, 1.165) is 25.9 Å². The van der Waals surface area contributed by atoms with Crippen molar-refractivity contribution in [1.29, 1.82) is 0 Å². The summed E-state index contributed by atoms with van der Waals surface area (Å²) in [7, 11) is 1.37. The van der Waals surface area contributed by atoms with Gasteiger partial charge in [-0.1, -0.05) is 17.7 Å². The molecule has 0 bridgehead atoms. The summed E-state index contributed by atoms with van der Waals surface area (Å²) < 4.78 is 24.9. The maximum Gasteiger partial charge on any atom is 0.255 e. The zero-order valence-electron chi connectivity index (χ0n) is 15.8. The van der Waals surface area contributed by atoms with Crippen molar-refractivity contribution in [2.24, 2.45) is 5.73 Å². The van der Waals surface area contributed by atoms with E-state index in [2.05, 4.69) is 5.32 Å². The number of nitrogens with one attached hydrogen (secondary N) is 1. The molecule has 0 saturated carbocycles. The molecule has 1 aliphatic heterocycles. The first kappa shape index (κ1) is 20.7. The van der Waals surface area contributed by atoms with Gasteiger partial charge in [-0.3, -0.25) is 9.59 Å². The number of methoxy groups -OCH3 is 1. The fourth-order valence-corrected chi connectivity index (χ4v) is 3.44. The minimum atomic E-state index is -0.682. The quantitative estimate of drug-likeness (QED) is 0.716. The average Bonchev–Trinajstić information content (AvgIpc) is 3.22. The number of carbonyl (C=O) groups is 2. The van der Waals surface area contributed by atoms with Crippen molar-refractivity contribution in [2.75, 3.05) is 37.0 Å². The van der Waals surface area contributed by atoms with Crippen LogP contribution in [0.3, 0.4) is 0 Å². The Labute approximate surface area is 172 Å². The smallest absolute Gasteiger partial charge is 0.255 e. The number of carbonyl (C=O) groups excluding carboxylic acids is 2. The van der Waals surface area contributed by atoms with Crippen LogP contribution in [0.4, 0.5) is 15.8 Å². The van der Waals surface area contributed by atoms with E-state index in [4.69, 9.17) is 26.8 Å². The number of hydrogen-bond donors (Lipinski definition) is 2. The number of ether oxygens (including phenoxy) is 2. The minimum Gasteiger partial charge on any atom is -0.493 e. The van der Waals surface area contributed by atoms with Crippen LogP contribution in [0.1, 0.15) is 23.2 Å². The van der Waals surface area contributed by atoms with Gasteiger partial charge in [0.1, 0.15) is 11.5 Å². The Morgan fingerprint density at radius 2 is 2.00 bits per heavy atom. The molecule has 1 saturated heterocycles. The second kappa shape index (κ2) is 9.00. The number of para-hydroxylation sites is 1. The number of hydrogen-bond acceptors (Lipinski definition) is 5. The second-order valence-corrected chi connectivity index (χ2v) is 6.93. The van der Waals surface area contributed by atoms with Crippen molar-refractivity contribution >= 4 is 34.8 Å². The molecule has 1 fully saturated rings. The van der Waals surface area contributed by atoms with Gasteiger partial charge in [-0.2, -0.15) is 0 Å². The van der Waals surface area contributed by atoms with Gasteiger partial charge in [0, 0.05) is 18.7 Å². The molecular formula is C20H21ClFN3O4. The number of rotatable bonds is 7. The predicted molar refractivity (Wildman–Crippen MR) is 108 cm³/mol. The molecule has 0 radical (unpaired) electrons. The number of anilines is 2. The van der Waals surface area contributed by atoms with Crippen molar-refractivity contribution < 1.29 is 23.5 Å². The van der Waals surface area contributed by atoms with Crippen LogP contribution < -0.4 is 25.4 Å². The molecule has 7 nitrogen and oxygen atoms in total. The number of benzene rings is 2. The van der Waals surface area contributed by atoms with Crippen molar-refractivity contribution in [3.8, 4) is 11.5 Å². The van der Waals surface area contributed by atoms with Gasteiger partial charge in [-0.05, 0) is 37.1 Å². The zero-order chi connectivity index (χ0) is 21.0. The Bertz CT molecular complexity index is 932. The third kappa shape index (κ3) is 4.71. The van der Waals surface area contributed by atoms with Gasteiger partial charge >= 0.3 is 0 Å². The number of nitrogens with zero attached hydrogens (tertiary/aromatic N) is 1. The predicted octanol–water partition coefficient (Wildman–Crippen LogP) is 3.20. The van der Waals surface area contributed by atoms with Crippen molar-refractivity contribution in [1.82, 2.24) is 0 Å². The van der Waals surface area contributed by atoms with Gasteiger partial charge in [0.15, 0.2) is 18.1 Å². The van der Waals surface area contributed by atoms with Gasteiger partial charge in [0.2, 0.25) is 0 Å². The van der Waals surface area contributed by atoms with E-state index in [1.165, 1.54) is 25.3 Å². The van der Waals surface area contributed by atoms with Crippen LogP contribution in [0.25, 0.3) is 0 Å². The highest BCUT2D eigenvalue weighted by Gasteiger charge is 2.22. The highest BCUT2D eigenvalue weighted by molar-refractivity contribution is 6.32. The van der Waals surface area contributed by atoms with Gasteiger partial charge in [-0.25, -0.2) is 4.39 Å². The molecule has 0 atom stereocenters. The van der Waals surface area contributed by atoms with Crippen LogP contribution in [-0.2, 0) is 4.79 Å². The summed E-state index contributed by atoms with van der Waals surface area (Å²) in [6.07, 6.45) is 2.03. The minimum absolute atomic E-state index is 0.0593. The maximum atomic E-state index is 14.5.